The van der Waals surface area contributed by atoms with Crippen molar-refractivity contribution in [3.8, 4) is 11.4 Å². The quantitative estimate of drug-likeness (QED) is 0.582. The van der Waals surface area contributed by atoms with Crippen LogP contribution in [0.5, 0.6) is 0 Å². The predicted octanol–water partition coefficient (Wildman–Crippen LogP) is 2.42. The van der Waals surface area contributed by atoms with Crippen LogP contribution in [0.25, 0.3) is 22.4 Å². The lowest BCUT2D eigenvalue weighted by molar-refractivity contribution is 0.0928. The average molecular weight is 385 g/mol. The molecule has 0 fully saturated rings. The Morgan fingerprint density at radius 1 is 1.03 bits per heavy atom. The zero-order chi connectivity index (χ0) is 19.6. The Labute approximate surface area is 167 Å². The summed E-state index contributed by atoms with van der Waals surface area (Å²) >= 11 is 0. The van der Waals surface area contributed by atoms with E-state index in [4.69, 9.17) is 0 Å². The highest BCUT2D eigenvalue weighted by molar-refractivity contribution is 5.93. The zero-order valence-corrected chi connectivity index (χ0v) is 15.7. The van der Waals surface area contributed by atoms with Crippen molar-refractivity contribution in [2.45, 2.75) is 31.8 Å². The number of aryl methyl sites for hydroxylation is 1. The number of nitrogens with one attached hydrogen (secondary N) is 1. The number of hydrogen-bond acceptors (Lipinski definition) is 6. The van der Waals surface area contributed by atoms with Gasteiger partial charge in [-0.25, -0.2) is 4.98 Å². The Morgan fingerprint density at radius 2 is 1.86 bits per heavy atom. The van der Waals surface area contributed by atoms with Gasteiger partial charge in [0.15, 0.2) is 5.82 Å². The van der Waals surface area contributed by atoms with Crippen LogP contribution in [0.3, 0.4) is 0 Å². The molecule has 1 aliphatic rings. The van der Waals surface area contributed by atoms with Gasteiger partial charge < -0.3 is 9.88 Å². The molecule has 1 unspecified atom stereocenters. The first-order chi connectivity index (χ1) is 14.3. The SMILES string of the molecule is O=C(NC1CCc2nnc(-c3ccncc3)n2CC1)c1cnc2ccccc2n1. The van der Waals surface area contributed by atoms with Crippen LogP contribution < -0.4 is 5.32 Å². The highest BCUT2D eigenvalue weighted by Crippen LogP contribution is 2.22. The van der Waals surface area contributed by atoms with Gasteiger partial charge in [0.05, 0.1) is 17.2 Å². The van der Waals surface area contributed by atoms with Crippen LogP contribution in [-0.2, 0) is 13.0 Å². The van der Waals surface area contributed by atoms with Gasteiger partial charge in [-0.1, -0.05) is 12.1 Å². The van der Waals surface area contributed by atoms with Crippen LogP contribution in [0.1, 0.15) is 29.2 Å². The summed E-state index contributed by atoms with van der Waals surface area (Å²) in [5.74, 6) is 1.59. The lowest BCUT2D eigenvalue weighted by Gasteiger charge is -2.16. The van der Waals surface area contributed by atoms with E-state index in [2.05, 4.69) is 35.0 Å². The van der Waals surface area contributed by atoms with Crippen molar-refractivity contribution in [3.63, 3.8) is 0 Å². The molecule has 5 rings (SSSR count). The summed E-state index contributed by atoms with van der Waals surface area (Å²) in [6.45, 7) is 0.744. The maximum atomic E-state index is 12.7. The van der Waals surface area contributed by atoms with E-state index >= 15 is 0 Å². The second-order valence-corrected chi connectivity index (χ2v) is 7.07. The van der Waals surface area contributed by atoms with Crippen LogP contribution in [0.2, 0.25) is 0 Å². The molecule has 1 aromatic carbocycles. The van der Waals surface area contributed by atoms with Gasteiger partial charge in [-0.05, 0) is 37.1 Å². The molecule has 0 spiro atoms. The third kappa shape index (κ3) is 3.44. The van der Waals surface area contributed by atoms with E-state index < -0.39 is 0 Å². The number of pyridine rings is 1. The van der Waals surface area contributed by atoms with Gasteiger partial charge >= 0.3 is 0 Å². The van der Waals surface area contributed by atoms with Crippen molar-refractivity contribution in [1.29, 1.82) is 0 Å². The van der Waals surface area contributed by atoms with Crippen LogP contribution >= 0.6 is 0 Å². The Hall–Kier alpha value is -3.68. The molecule has 29 heavy (non-hydrogen) atoms. The standard InChI is InChI=1S/C21H19N7O/c29-21(18-13-23-16-3-1-2-4-17(16)25-18)24-15-5-6-19-26-27-20(28(19)12-9-15)14-7-10-22-11-8-14/h1-4,7-8,10-11,13,15H,5-6,9,12H2,(H,24,29). The largest absolute Gasteiger partial charge is 0.348 e. The van der Waals surface area contributed by atoms with Crippen molar-refractivity contribution in [3.05, 3.63) is 66.5 Å². The number of hydrogen-bond donors (Lipinski definition) is 1. The number of para-hydroxylation sites is 2. The summed E-state index contributed by atoms with van der Waals surface area (Å²) in [6.07, 6.45) is 7.40. The fourth-order valence-electron chi connectivity index (χ4n) is 3.67. The highest BCUT2D eigenvalue weighted by atomic mass is 16.1. The van der Waals surface area contributed by atoms with Crippen molar-refractivity contribution in [2.24, 2.45) is 0 Å². The molecule has 0 saturated carbocycles. The second-order valence-electron chi connectivity index (χ2n) is 7.07. The first-order valence-electron chi connectivity index (χ1n) is 9.63. The maximum absolute atomic E-state index is 12.7. The number of amides is 1. The first-order valence-corrected chi connectivity index (χ1v) is 9.63. The molecule has 1 amide bonds. The molecular weight excluding hydrogens is 366 g/mol. The van der Waals surface area contributed by atoms with Crippen molar-refractivity contribution in [2.75, 3.05) is 0 Å². The van der Waals surface area contributed by atoms with Crippen LogP contribution in [0.15, 0.2) is 55.0 Å². The van der Waals surface area contributed by atoms with Gasteiger partial charge in [0.2, 0.25) is 0 Å². The Balaban J connectivity index is 1.31. The van der Waals surface area contributed by atoms with E-state index in [9.17, 15) is 4.79 Å². The fraction of sp³-hybridized carbons (Fsp3) is 0.238. The third-order valence-corrected chi connectivity index (χ3v) is 5.20. The minimum absolute atomic E-state index is 0.0442. The first kappa shape index (κ1) is 17.4. The van der Waals surface area contributed by atoms with E-state index in [1.165, 1.54) is 6.20 Å². The van der Waals surface area contributed by atoms with Gasteiger partial charge in [0.1, 0.15) is 11.5 Å². The molecule has 0 aliphatic carbocycles. The molecule has 8 nitrogen and oxygen atoms in total. The monoisotopic (exact) mass is 385 g/mol. The summed E-state index contributed by atoms with van der Waals surface area (Å²) in [6, 6.07) is 11.4. The highest BCUT2D eigenvalue weighted by Gasteiger charge is 2.23. The van der Waals surface area contributed by atoms with E-state index in [0.717, 1.165) is 48.5 Å². The van der Waals surface area contributed by atoms with Crippen molar-refractivity contribution in [1.82, 2.24) is 35.0 Å². The molecule has 3 aromatic heterocycles. The third-order valence-electron chi connectivity index (χ3n) is 5.20. The number of benzene rings is 1. The number of carbonyl (C=O) groups is 1. The summed E-state index contributed by atoms with van der Waals surface area (Å²) < 4.78 is 2.14. The second kappa shape index (κ2) is 7.38. The van der Waals surface area contributed by atoms with E-state index in [1.54, 1.807) is 12.4 Å². The van der Waals surface area contributed by atoms with E-state index in [0.29, 0.717) is 11.2 Å². The van der Waals surface area contributed by atoms with Gasteiger partial charge in [-0.3, -0.25) is 14.8 Å². The molecule has 1 N–H and O–H groups in total. The van der Waals surface area contributed by atoms with E-state index in [-0.39, 0.29) is 11.9 Å². The molecule has 0 bridgehead atoms. The number of nitrogens with zero attached hydrogens (tertiary/aromatic N) is 6. The Morgan fingerprint density at radius 3 is 2.72 bits per heavy atom. The number of aromatic nitrogens is 6. The van der Waals surface area contributed by atoms with E-state index in [1.807, 2.05) is 36.4 Å². The molecular formula is C21H19N7O. The molecule has 0 radical (unpaired) electrons. The molecule has 0 saturated heterocycles. The molecule has 144 valence electrons. The van der Waals surface area contributed by atoms with Crippen LogP contribution in [0, 0.1) is 0 Å². The maximum Gasteiger partial charge on any atom is 0.271 e. The van der Waals surface area contributed by atoms with Gasteiger partial charge in [-0.15, -0.1) is 10.2 Å². The molecule has 8 heteroatoms. The predicted molar refractivity (Wildman–Crippen MR) is 107 cm³/mol. The zero-order valence-electron chi connectivity index (χ0n) is 15.7. The minimum atomic E-state index is -0.194. The smallest absolute Gasteiger partial charge is 0.271 e. The minimum Gasteiger partial charge on any atom is -0.348 e. The van der Waals surface area contributed by atoms with Gasteiger partial charge in [0.25, 0.3) is 5.91 Å². The summed E-state index contributed by atoms with van der Waals surface area (Å²) in [5.41, 5.74) is 2.83. The molecule has 1 atom stereocenters. The lowest BCUT2D eigenvalue weighted by Crippen LogP contribution is -2.35. The van der Waals surface area contributed by atoms with Crippen molar-refractivity contribution >= 4 is 16.9 Å². The summed E-state index contributed by atoms with van der Waals surface area (Å²) in [4.78, 5) is 25.5. The molecule has 4 heterocycles. The number of fused-ring (bicyclic) bond motifs is 2. The summed E-state index contributed by atoms with van der Waals surface area (Å²) in [5, 5.41) is 11.8. The van der Waals surface area contributed by atoms with Crippen molar-refractivity contribution < 1.29 is 4.79 Å². The number of rotatable bonds is 3. The normalized spacial score (nSPS) is 16.2. The van der Waals surface area contributed by atoms with Crippen LogP contribution in [0.4, 0.5) is 0 Å². The average Bonchev–Trinajstić information content (AvgIpc) is 3.08. The molecule has 4 aromatic rings. The lowest BCUT2D eigenvalue weighted by atomic mass is 10.1. The van der Waals surface area contributed by atoms with Crippen LogP contribution in [-0.4, -0.2) is 41.7 Å². The van der Waals surface area contributed by atoms with Gasteiger partial charge in [0, 0.05) is 37.0 Å². The molecule has 1 aliphatic heterocycles. The Kier molecular flexibility index (Phi) is 4.44. The van der Waals surface area contributed by atoms with Gasteiger partial charge in [-0.2, -0.15) is 0 Å². The Bertz CT molecular complexity index is 1170. The fourth-order valence-corrected chi connectivity index (χ4v) is 3.67. The summed E-state index contributed by atoms with van der Waals surface area (Å²) in [7, 11) is 0. The topological polar surface area (TPSA) is 98.5 Å². The number of carbonyl (C=O) groups excluding carboxylic acids is 1.